The number of aryl methyl sites for hydroxylation is 1. The smallest absolute Gasteiger partial charge is 0.255 e. The van der Waals surface area contributed by atoms with Gasteiger partial charge < -0.3 is 14.4 Å². The van der Waals surface area contributed by atoms with Crippen molar-refractivity contribution in [3.63, 3.8) is 0 Å². The van der Waals surface area contributed by atoms with E-state index in [1.165, 1.54) is 10.6 Å². The van der Waals surface area contributed by atoms with E-state index in [1.54, 1.807) is 25.5 Å². The quantitative estimate of drug-likeness (QED) is 0.820. The third-order valence-electron chi connectivity index (χ3n) is 3.87. The number of pyridine rings is 2. The summed E-state index contributed by atoms with van der Waals surface area (Å²) in [7, 11) is 1.65. The minimum absolute atomic E-state index is 0.0312. The summed E-state index contributed by atoms with van der Waals surface area (Å²) in [5, 5.41) is 0. The zero-order valence-corrected chi connectivity index (χ0v) is 12.5. The lowest BCUT2D eigenvalue weighted by Crippen LogP contribution is -2.49. The Morgan fingerprint density at radius 3 is 2.50 bits per heavy atom. The van der Waals surface area contributed by atoms with Gasteiger partial charge in [-0.25, -0.2) is 4.98 Å². The first-order chi connectivity index (χ1) is 10.6. The molecule has 6 heteroatoms. The van der Waals surface area contributed by atoms with Crippen molar-refractivity contribution in [3.8, 4) is 0 Å². The zero-order valence-electron chi connectivity index (χ0n) is 12.5. The molecule has 1 saturated heterocycles. The van der Waals surface area contributed by atoms with Crippen LogP contribution in [0.1, 0.15) is 10.4 Å². The van der Waals surface area contributed by atoms with Crippen LogP contribution in [0.25, 0.3) is 0 Å². The molecule has 0 unspecified atom stereocenters. The molecule has 2 aromatic heterocycles. The van der Waals surface area contributed by atoms with Gasteiger partial charge in [0.2, 0.25) is 5.56 Å². The third kappa shape index (κ3) is 2.86. The average Bonchev–Trinajstić information content (AvgIpc) is 2.58. The molecule has 0 saturated carbocycles. The van der Waals surface area contributed by atoms with Gasteiger partial charge in [0.15, 0.2) is 0 Å². The molecular formula is C16H18N4O2. The lowest BCUT2D eigenvalue weighted by atomic mass is 10.2. The van der Waals surface area contributed by atoms with Crippen molar-refractivity contribution in [2.75, 3.05) is 31.1 Å². The maximum Gasteiger partial charge on any atom is 0.255 e. The first-order valence-electron chi connectivity index (χ1n) is 7.27. The fourth-order valence-electron chi connectivity index (χ4n) is 2.58. The highest BCUT2D eigenvalue weighted by Crippen LogP contribution is 2.14. The van der Waals surface area contributed by atoms with E-state index in [0.717, 1.165) is 18.9 Å². The maximum atomic E-state index is 12.5. The maximum absolute atomic E-state index is 12.5. The Balaban J connectivity index is 1.67. The fourth-order valence-corrected chi connectivity index (χ4v) is 2.58. The molecule has 2 aromatic rings. The topological polar surface area (TPSA) is 58.4 Å². The van der Waals surface area contributed by atoms with Gasteiger partial charge in [-0.05, 0) is 18.2 Å². The Morgan fingerprint density at radius 2 is 1.86 bits per heavy atom. The highest BCUT2D eigenvalue weighted by atomic mass is 16.2. The van der Waals surface area contributed by atoms with Crippen molar-refractivity contribution in [3.05, 3.63) is 58.6 Å². The van der Waals surface area contributed by atoms with Gasteiger partial charge in [-0.3, -0.25) is 9.59 Å². The average molecular weight is 298 g/mol. The largest absolute Gasteiger partial charge is 0.353 e. The number of piperazine rings is 1. The lowest BCUT2D eigenvalue weighted by Gasteiger charge is -2.35. The lowest BCUT2D eigenvalue weighted by molar-refractivity contribution is 0.0745. The van der Waals surface area contributed by atoms with Crippen LogP contribution in [0, 0.1) is 0 Å². The van der Waals surface area contributed by atoms with E-state index >= 15 is 0 Å². The highest BCUT2D eigenvalue weighted by molar-refractivity contribution is 5.94. The van der Waals surface area contributed by atoms with Crippen LogP contribution < -0.4 is 10.5 Å². The van der Waals surface area contributed by atoms with Gasteiger partial charge in [-0.15, -0.1) is 0 Å². The van der Waals surface area contributed by atoms with E-state index < -0.39 is 0 Å². The predicted octanol–water partition coefficient (Wildman–Crippen LogP) is 0.743. The minimum atomic E-state index is -0.114. The van der Waals surface area contributed by atoms with Crippen molar-refractivity contribution in [1.29, 1.82) is 0 Å². The normalized spacial score (nSPS) is 15.0. The van der Waals surface area contributed by atoms with Gasteiger partial charge in [0, 0.05) is 51.7 Å². The molecule has 0 bridgehead atoms. The van der Waals surface area contributed by atoms with E-state index in [-0.39, 0.29) is 11.5 Å². The monoisotopic (exact) mass is 298 g/mol. The van der Waals surface area contributed by atoms with E-state index in [9.17, 15) is 9.59 Å². The second-order valence-corrected chi connectivity index (χ2v) is 5.33. The van der Waals surface area contributed by atoms with Crippen LogP contribution in [0.3, 0.4) is 0 Å². The molecule has 1 amide bonds. The summed E-state index contributed by atoms with van der Waals surface area (Å²) in [6.07, 6.45) is 3.37. The minimum Gasteiger partial charge on any atom is -0.353 e. The number of aromatic nitrogens is 2. The Hall–Kier alpha value is -2.63. The van der Waals surface area contributed by atoms with Crippen molar-refractivity contribution < 1.29 is 4.79 Å². The summed E-state index contributed by atoms with van der Waals surface area (Å²) in [6, 6.07) is 8.85. The summed E-state index contributed by atoms with van der Waals surface area (Å²) in [6.45, 7) is 2.82. The van der Waals surface area contributed by atoms with E-state index in [1.807, 2.05) is 23.1 Å². The van der Waals surface area contributed by atoms with Crippen LogP contribution in [0.15, 0.2) is 47.5 Å². The summed E-state index contributed by atoms with van der Waals surface area (Å²) in [5.74, 6) is 0.910. The number of hydrogen-bond donors (Lipinski definition) is 0. The Bertz CT molecular complexity index is 718. The van der Waals surface area contributed by atoms with Crippen LogP contribution in [-0.2, 0) is 7.05 Å². The predicted molar refractivity (Wildman–Crippen MR) is 84.0 cm³/mol. The molecule has 0 N–H and O–H groups in total. The molecule has 0 atom stereocenters. The van der Waals surface area contributed by atoms with Gasteiger partial charge in [0.25, 0.3) is 5.91 Å². The molecule has 114 valence electrons. The molecule has 0 aliphatic carbocycles. The number of carbonyl (C=O) groups excluding carboxylic acids is 1. The molecule has 3 heterocycles. The molecule has 3 rings (SSSR count). The van der Waals surface area contributed by atoms with Gasteiger partial charge in [-0.2, -0.15) is 0 Å². The summed E-state index contributed by atoms with van der Waals surface area (Å²) in [5.41, 5.74) is 0.435. The van der Waals surface area contributed by atoms with Crippen molar-refractivity contribution in [2.24, 2.45) is 7.05 Å². The Morgan fingerprint density at radius 1 is 1.09 bits per heavy atom. The number of amides is 1. The van der Waals surface area contributed by atoms with Gasteiger partial charge in [-0.1, -0.05) is 6.07 Å². The number of rotatable bonds is 2. The van der Waals surface area contributed by atoms with E-state index in [4.69, 9.17) is 0 Å². The van der Waals surface area contributed by atoms with Crippen molar-refractivity contribution in [1.82, 2.24) is 14.5 Å². The molecule has 0 radical (unpaired) electrons. The number of carbonyl (C=O) groups is 1. The summed E-state index contributed by atoms with van der Waals surface area (Å²) < 4.78 is 1.43. The summed E-state index contributed by atoms with van der Waals surface area (Å²) in [4.78, 5) is 32.2. The van der Waals surface area contributed by atoms with Crippen molar-refractivity contribution >= 4 is 11.7 Å². The number of nitrogens with zero attached hydrogens (tertiary/aromatic N) is 4. The van der Waals surface area contributed by atoms with Crippen LogP contribution in [0.5, 0.6) is 0 Å². The van der Waals surface area contributed by atoms with Crippen molar-refractivity contribution in [2.45, 2.75) is 0 Å². The van der Waals surface area contributed by atoms with Crippen LogP contribution in [-0.4, -0.2) is 46.5 Å². The molecular weight excluding hydrogens is 280 g/mol. The van der Waals surface area contributed by atoms with Crippen LogP contribution in [0.4, 0.5) is 5.82 Å². The second-order valence-electron chi connectivity index (χ2n) is 5.33. The van der Waals surface area contributed by atoms with Crippen LogP contribution in [0.2, 0.25) is 0 Å². The molecule has 1 aliphatic rings. The zero-order chi connectivity index (χ0) is 15.5. The second kappa shape index (κ2) is 6.01. The molecule has 1 aliphatic heterocycles. The fraction of sp³-hybridized carbons (Fsp3) is 0.312. The molecule has 1 fully saturated rings. The number of anilines is 1. The molecule has 0 aromatic carbocycles. The number of hydrogen-bond acceptors (Lipinski definition) is 4. The first-order valence-corrected chi connectivity index (χ1v) is 7.27. The molecule has 22 heavy (non-hydrogen) atoms. The third-order valence-corrected chi connectivity index (χ3v) is 3.87. The standard InChI is InChI=1S/C16H18N4O2/c1-18-12-13(5-6-15(18)21)16(22)20-10-8-19(9-11-20)14-4-2-3-7-17-14/h2-7,12H,8-11H2,1H3. The van der Waals surface area contributed by atoms with E-state index in [2.05, 4.69) is 9.88 Å². The van der Waals surface area contributed by atoms with Gasteiger partial charge in [0.1, 0.15) is 5.82 Å². The summed E-state index contributed by atoms with van der Waals surface area (Å²) >= 11 is 0. The molecule has 0 spiro atoms. The van der Waals surface area contributed by atoms with Gasteiger partial charge in [0.05, 0.1) is 5.56 Å². The SMILES string of the molecule is Cn1cc(C(=O)N2CCN(c3ccccn3)CC2)ccc1=O. The van der Waals surface area contributed by atoms with E-state index in [0.29, 0.717) is 18.7 Å². The highest BCUT2D eigenvalue weighted by Gasteiger charge is 2.22. The first kappa shape index (κ1) is 14.3. The Kier molecular flexibility index (Phi) is 3.91. The molecule has 6 nitrogen and oxygen atoms in total. The Labute approximate surface area is 128 Å². The van der Waals surface area contributed by atoms with Gasteiger partial charge >= 0.3 is 0 Å². The van der Waals surface area contributed by atoms with Crippen LogP contribution >= 0.6 is 0 Å².